The molecular weight excluding hydrogens is 225 g/mol. The third-order valence-electron chi connectivity index (χ3n) is 2.30. The number of halogens is 1. The van der Waals surface area contributed by atoms with E-state index in [4.69, 9.17) is 10.8 Å². The predicted octanol–water partition coefficient (Wildman–Crippen LogP) is 0.647. The smallest absolute Gasteiger partial charge is 0.257 e. The average molecular weight is 241 g/mol. The van der Waals surface area contributed by atoms with Crippen molar-refractivity contribution in [3.05, 3.63) is 23.6 Å². The van der Waals surface area contributed by atoms with Gasteiger partial charge in [-0.15, -0.1) is 0 Å². The summed E-state index contributed by atoms with van der Waals surface area (Å²) in [5.74, 6) is -1.58. The van der Waals surface area contributed by atoms with Gasteiger partial charge in [0.25, 0.3) is 5.91 Å². The first-order chi connectivity index (χ1) is 8.11. The molecule has 0 aliphatic rings. The van der Waals surface area contributed by atoms with Gasteiger partial charge in [0.05, 0.1) is 12.2 Å². The van der Waals surface area contributed by atoms with Gasteiger partial charge >= 0.3 is 0 Å². The first-order valence-electron chi connectivity index (χ1n) is 5.41. The van der Waals surface area contributed by atoms with Gasteiger partial charge in [0, 0.05) is 19.3 Å². The van der Waals surface area contributed by atoms with Crippen LogP contribution in [-0.4, -0.2) is 40.6 Å². The van der Waals surface area contributed by atoms with Crippen molar-refractivity contribution in [3.63, 3.8) is 0 Å². The molecule has 0 saturated carbocycles. The summed E-state index contributed by atoms with van der Waals surface area (Å²) in [6, 6.07) is 1.29. The number of pyridine rings is 1. The number of rotatable bonds is 5. The van der Waals surface area contributed by atoms with Gasteiger partial charge in [0.1, 0.15) is 0 Å². The fourth-order valence-corrected chi connectivity index (χ4v) is 1.50. The quantitative estimate of drug-likeness (QED) is 0.793. The summed E-state index contributed by atoms with van der Waals surface area (Å²) >= 11 is 0. The lowest BCUT2D eigenvalue weighted by Gasteiger charge is -2.21. The summed E-state index contributed by atoms with van der Waals surface area (Å²) in [6.45, 7) is 2.37. The molecule has 5 nitrogen and oxygen atoms in total. The number of anilines is 1. The highest BCUT2D eigenvalue weighted by Crippen LogP contribution is 2.14. The summed E-state index contributed by atoms with van der Waals surface area (Å²) in [6.07, 6.45) is 2.02. The molecule has 0 aromatic carbocycles. The van der Waals surface area contributed by atoms with Crippen LogP contribution < -0.4 is 5.73 Å². The van der Waals surface area contributed by atoms with Crippen molar-refractivity contribution in [1.29, 1.82) is 0 Å². The molecule has 6 heteroatoms. The Hall–Kier alpha value is -1.69. The monoisotopic (exact) mass is 241 g/mol. The van der Waals surface area contributed by atoms with Crippen LogP contribution in [0.15, 0.2) is 12.3 Å². The van der Waals surface area contributed by atoms with Gasteiger partial charge in [-0.1, -0.05) is 6.92 Å². The van der Waals surface area contributed by atoms with Crippen LogP contribution in [0.5, 0.6) is 0 Å². The zero-order valence-corrected chi connectivity index (χ0v) is 9.69. The molecule has 0 spiro atoms. The van der Waals surface area contributed by atoms with Crippen LogP contribution in [0.3, 0.4) is 0 Å². The highest BCUT2D eigenvalue weighted by molar-refractivity contribution is 5.95. The van der Waals surface area contributed by atoms with Gasteiger partial charge in [-0.3, -0.25) is 4.79 Å². The Morgan fingerprint density at radius 2 is 2.29 bits per heavy atom. The third-order valence-corrected chi connectivity index (χ3v) is 2.30. The number of hydrogen-bond donors (Lipinski definition) is 2. The molecule has 1 rings (SSSR count). The number of amides is 1. The van der Waals surface area contributed by atoms with E-state index in [0.29, 0.717) is 6.54 Å². The molecule has 0 unspecified atom stereocenters. The Kier molecular flexibility index (Phi) is 4.84. The number of hydrogen-bond acceptors (Lipinski definition) is 4. The Balaban J connectivity index is 2.96. The van der Waals surface area contributed by atoms with Gasteiger partial charge in [0.15, 0.2) is 11.6 Å². The van der Waals surface area contributed by atoms with Crippen molar-refractivity contribution in [2.45, 2.75) is 13.3 Å². The van der Waals surface area contributed by atoms with Crippen molar-refractivity contribution in [3.8, 4) is 0 Å². The van der Waals surface area contributed by atoms with E-state index in [1.54, 1.807) is 0 Å². The maximum atomic E-state index is 13.6. The number of aromatic nitrogens is 1. The Morgan fingerprint density at radius 3 is 2.88 bits per heavy atom. The molecule has 1 heterocycles. The van der Waals surface area contributed by atoms with E-state index in [1.807, 2.05) is 6.92 Å². The lowest BCUT2D eigenvalue weighted by atomic mass is 10.2. The van der Waals surface area contributed by atoms with E-state index in [1.165, 1.54) is 17.2 Å². The Labute approximate surface area is 99.1 Å². The fraction of sp³-hybridized carbons (Fsp3) is 0.455. The fourth-order valence-electron chi connectivity index (χ4n) is 1.50. The van der Waals surface area contributed by atoms with Crippen molar-refractivity contribution in [1.82, 2.24) is 9.88 Å². The molecule has 0 bridgehead atoms. The molecule has 1 amide bonds. The average Bonchev–Trinajstić information content (AvgIpc) is 2.31. The van der Waals surface area contributed by atoms with Gasteiger partial charge in [-0.05, 0) is 12.5 Å². The number of nitrogen functional groups attached to an aromatic ring is 1. The van der Waals surface area contributed by atoms with Crippen LogP contribution in [0.2, 0.25) is 0 Å². The second kappa shape index (κ2) is 6.15. The standard InChI is InChI=1S/C11H16FN3O2/c1-2-5-15(6-7-16)11(17)8-3-4-14-10(13)9(8)12/h3-4,16H,2,5-7H2,1H3,(H2,13,14). The van der Waals surface area contributed by atoms with E-state index < -0.39 is 11.7 Å². The van der Waals surface area contributed by atoms with E-state index in [0.717, 1.165) is 6.42 Å². The zero-order valence-electron chi connectivity index (χ0n) is 9.69. The first-order valence-corrected chi connectivity index (χ1v) is 5.41. The molecule has 94 valence electrons. The summed E-state index contributed by atoms with van der Waals surface area (Å²) in [4.78, 5) is 16.9. The van der Waals surface area contributed by atoms with E-state index >= 15 is 0 Å². The second-order valence-electron chi connectivity index (χ2n) is 3.57. The molecule has 1 aromatic rings. The van der Waals surface area contributed by atoms with Gasteiger partial charge < -0.3 is 15.7 Å². The van der Waals surface area contributed by atoms with E-state index in [9.17, 15) is 9.18 Å². The van der Waals surface area contributed by atoms with Crippen LogP contribution >= 0.6 is 0 Å². The van der Waals surface area contributed by atoms with E-state index in [-0.39, 0.29) is 24.5 Å². The van der Waals surface area contributed by atoms with Crippen LogP contribution in [-0.2, 0) is 0 Å². The molecule has 17 heavy (non-hydrogen) atoms. The summed E-state index contributed by atoms with van der Waals surface area (Å²) in [5.41, 5.74) is 5.19. The number of aliphatic hydroxyl groups is 1. The van der Waals surface area contributed by atoms with Crippen LogP contribution in [0.25, 0.3) is 0 Å². The van der Waals surface area contributed by atoms with Crippen LogP contribution in [0.4, 0.5) is 10.2 Å². The number of aliphatic hydroxyl groups excluding tert-OH is 1. The molecule has 0 saturated heterocycles. The first kappa shape index (κ1) is 13.4. The molecular formula is C11H16FN3O2. The minimum absolute atomic E-state index is 0.112. The minimum atomic E-state index is -0.809. The van der Waals surface area contributed by atoms with Crippen molar-refractivity contribution < 1.29 is 14.3 Å². The highest BCUT2D eigenvalue weighted by Gasteiger charge is 2.19. The highest BCUT2D eigenvalue weighted by atomic mass is 19.1. The van der Waals surface area contributed by atoms with Crippen molar-refractivity contribution >= 4 is 11.7 Å². The minimum Gasteiger partial charge on any atom is -0.395 e. The lowest BCUT2D eigenvalue weighted by molar-refractivity contribution is 0.0717. The number of carbonyl (C=O) groups excluding carboxylic acids is 1. The maximum absolute atomic E-state index is 13.6. The van der Waals surface area contributed by atoms with Crippen molar-refractivity contribution in [2.75, 3.05) is 25.4 Å². The SMILES string of the molecule is CCCN(CCO)C(=O)c1ccnc(N)c1F. The van der Waals surface area contributed by atoms with Crippen LogP contribution in [0.1, 0.15) is 23.7 Å². The Bertz CT molecular complexity index is 392. The number of nitrogens with two attached hydrogens (primary N) is 1. The van der Waals surface area contributed by atoms with Crippen LogP contribution in [0, 0.1) is 5.82 Å². The Morgan fingerprint density at radius 1 is 1.59 bits per heavy atom. The molecule has 3 N–H and O–H groups in total. The molecule has 0 aliphatic heterocycles. The maximum Gasteiger partial charge on any atom is 0.257 e. The van der Waals surface area contributed by atoms with E-state index in [2.05, 4.69) is 4.98 Å². The molecule has 1 aromatic heterocycles. The topological polar surface area (TPSA) is 79.5 Å². The van der Waals surface area contributed by atoms with Crippen molar-refractivity contribution in [2.24, 2.45) is 0 Å². The predicted molar refractivity (Wildman–Crippen MR) is 61.9 cm³/mol. The van der Waals surface area contributed by atoms with Gasteiger partial charge in [-0.25, -0.2) is 9.37 Å². The molecule has 0 atom stereocenters. The van der Waals surface area contributed by atoms with Gasteiger partial charge in [-0.2, -0.15) is 0 Å². The summed E-state index contributed by atoms with van der Waals surface area (Å²) in [5, 5.41) is 8.86. The molecule has 0 fully saturated rings. The number of nitrogens with zero attached hydrogens (tertiary/aromatic N) is 2. The normalized spacial score (nSPS) is 10.3. The zero-order chi connectivity index (χ0) is 12.8. The summed E-state index contributed by atoms with van der Waals surface area (Å²) in [7, 11) is 0. The lowest BCUT2D eigenvalue weighted by Crippen LogP contribution is -2.34. The third kappa shape index (κ3) is 3.13. The second-order valence-corrected chi connectivity index (χ2v) is 3.57. The molecule has 0 aliphatic carbocycles. The number of carbonyl (C=O) groups is 1. The van der Waals surface area contributed by atoms with Gasteiger partial charge in [0.2, 0.25) is 0 Å². The summed E-state index contributed by atoms with van der Waals surface area (Å²) < 4.78 is 13.6. The largest absolute Gasteiger partial charge is 0.395 e. The molecule has 0 radical (unpaired) electrons.